The number of hydrogen-bond donors (Lipinski definition) is 1. The van der Waals surface area contributed by atoms with Crippen LogP contribution in [-0.4, -0.2) is 25.4 Å². The molecule has 1 aromatic carbocycles. The molecule has 0 aromatic heterocycles. The first-order valence-corrected chi connectivity index (χ1v) is 7.04. The van der Waals surface area contributed by atoms with E-state index in [1.807, 2.05) is 12.1 Å². The van der Waals surface area contributed by atoms with Crippen molar-refractivity contribution >= 4 is 15.9 Å². The van der Waals surface area contributed by atoms with Crippen molar-refractivity contribution in [2.24, 2.45) is 5.92 Å². The molecule has 1 unspecified atom stereocenters. The molecule has 0 bridgehead atoms. The van der Waals surface area contributed by atoms with Crippen LogP contribution in [0.15, 0.2) is 16.6 Å². The number of rotatable bonds is 6. The SMILES string of the molecule is COc1ccc(CCC(O)C2CC2)c(OC)c1Br. The molecule has 100 valence electrons. The molecule has 18 heavy (non-hydrogen) atoms. The first-order valence-electron chi connectivity index (χ1n) is 6.24. The zero-order valence-electron chi connectivity index (χ0n) is 10.8. The van der Waals surface area contributed by atoms with Crippen LogP contribution in [-0.2, 0) is 6.42 Å². The van der Waals surface area contributed by atoms with Crippen LogP contribution < -0.4 is 9.47 Å². The summed E-state index contributed by atoms with van der Waals surface area (Å²) in [6, 6.07) is 3.92. The summed E-state index contributed by atoms with van der Waals surface area (Å²) in [5, 5.41) is 9.91. The van der Waals surface area contributed by atoms with Crippen LogP contribution in [0.4, 0.5) is 0 Å². The molecule has 0 heterocycles. The highest BCUT2D eigenvalue weighted by molar-refractivity contribution is 9.10. The van der Waals surface area contributed by atoms with Gasteiger partial charge in [-0.25, -0.2) is 0 Å². The summed E-state index contributed by atoms with van der Waals surface area (Å²) < 4.78 is 11.5. The highest BCUT2D eigenvalue weighted by Crippen LogP contribution is 2.39. The van der Waals surface area contributed by atoms with Crippen LogP contribution in [0, 0.1) is 5.92 Å². The van der Waals surface area contributed by atoms with Gasteiger partial charge >= 0.3 is 0 Å². The van der Waals surface area contributed by atoms with Gasteiger partial charge in [-0.05, 0) is 59.2 Å². The molecular formula is C14H19BrO3. The van der Waals surface area contributed by atoms with Gasteiger partial charge in [-0.1, -0.05) is 6.07 Å². The van der Waals surface area contributed by atoms with E-state index in [2.05, 4.69) is 15.9 Å². The molecule has 4 heteroatoms. The van der Waals surface area contributed by atoms with E-state index in [-0.39, 0.29) is 6.10 Å². The molecule has 1 saturated carbocycles. The molecule has 1 fully saturated rings. The summed E-state index contributed by atoms with van der Waals surface area (Å²) in [6.45, 7) is 0. The normalized spacial score (nSPS) is 16.4. The van der Waals surface area contributed by atoms with Crippen molar-refractivity contribution in [3.63, 3.8) is 0 Å². The first kappa shape index (κ1) is 13.7. The summed E-state index contributed by atoms with van der Waals surface area (Å²) in [5.74, 6) is 2.09. The Balaban J connectivity index is 2.09. The molecule has 0 radical (unpaired) electrons. The Morgan fingerprint density at radius 1 is 1.33 bits per heavy atom. The molecular weight excluding hydrogens is 296 g/mol. The number of benzene rings is 1. The van der Waals surface area contributed by atoms with Crippen LogP contribution >= 0.6 is 15.9 Å². The van der Waals surface area contributed by atoms with Gasteiger partial charge in [-0.15, -0.1) is 0 Å². The van der Waals surface area contributed by atoms with Crippen LogP contribution in [0.2, 0.25) is 0 Å². The number of aliphatic hydroxyl groups is 1. The zero-order chi connectivity index (χ0) is 13.1. The summed E-state index contributed by atoms with van der Waals surface area (Å²) in [6.07, 6.45) is 3.79. The number of aliphatic hydroxyl groups excluding tert-OH is 1. The van der Waals surface area contributed by atoms with Gasteiger partial charge in [0.2, 0.25) is 0 Å². The largest absolute Gasteiger partial charge is 0.495 e. The molecule has 1 atom stereocenters. The number of aryl methyl sites for hydroxylation is 1. The molecule has 0 amide bonds. The summed E-state index contributed by atoms with van der Waals surface area (Å²) in [7, 11) is 3.29. The molecule has 3 nitrogen and oxygen atoms in total. The molecule has 1 aliphatic carbocycles. The fourth-order valence-electron chi connectivity index (χ4n) is 2.17. The lowest BCUT2D eigenvalue weighted by atomic mass is 10.0. The maximum absolute atomic E-state index is 9.91. The predicted octanol–water partition coefficient (Wildman–Crippen LogP) is 3.17. The topological polar surface area (TPSA) is 38.7 Å². The third-order valence-corrected chi connectivity index (χ3v) is 4.19. The molecule has 0 saturated heterocycles. The van der Waals surface area contributed by atoms with Gasteiger partial charge in [0.1, 0.15) is 16.0 Å². The molecule has 0 aliphatic heterocycles. The van der Waals surface area contributed by atoms with E-state index in [1.54, 1.807) is 14.2 Å². The van der Waals surface area contributed by atoms with E-state index >= 15 is 0 Å². The van der Waals surface area contributed by atoms with Gasteiger partial charge in [0, 0.05) is 0 Å². The van der Waals surface area contributed by atoms with Crippen LogP contribution in [0.25, 0.3) is 0 Å². The summed E-state index contributed by atoms with van der Waals surface area (Å²) in [4.78, 5) is 0. The predicted molar refractivity (Wildman–Crippen MR) is 74.3 cm³/mol. The maximum atomic E-state index is 9.91. The average molecular weight is 315 g/mol. The lowest BCUT2D eigenvalue weighted by molar-refractivity contribution is 0.141. The van der Waals surface area contributed by atoms with Gasteiger partial charge in [0.15, 0.2) is 0 Å². The second-order valence-electron chi connectivity index (χ2n) is 4.72. The molecule has 1 aromatic rings. The van der Waals surface area contributed by atoms with Crippen molar-refractivity contribution in [3.8, 4) is 11.5 Å². The minimum Gasteiger partial charge on any atom is -0.495 e. The summed E-state index contributed by atoms with van der Waals surface area (Å²) >= 11 is 3.49. The van der Waals surface area contributed by atoms with Crippen molar-refractivity contribution in [2.75, 3.05) is 14.2 Å². The zero-order valence-corrected chi connectivity index (χ0v) is 12.4. The van der Waals surface area contributed by atoms with E-state index in [1.165, 1.54) is 12.8 Å². The van der Waals surface area contributed by atoms with Crippen LogP contribution in [0.1, 0.15) is 24.8 Å². The van der Waals surface area contributed by atoms with Crippen molar-refractivity contribution in [2.45, 2.75) is 31.8 Å². The number of methoxy groups -OCH3 is 2. The Labute approximate surface area is 116 Å². The van der Waals surface area contributed by atoms with Gasteiger partial charge in [-0.3, -0.25) is 0 Å². The fourth-order valence-corrected chi connectivity index (χ4v) is 2.88. The highest BCUT2D eigenvalue weighted by atomic mass is 79.9. The Morgan fingerprint density at radius 2 is 2.06 bits per heavy atom. The van der Waals surface area contributed by atoms with Gasteiger partial charge in [-0.2, -0.15) is 0 Å². The van der Waals surface area contributed by atoms with E-state index in [4.69, 9.17) is 9.47 Å². The number of halogens is 1. The minimum atomic E-state index is -0.171. The fraction of sp³-hybridized carbons (Fsp3) is 0.571. The van der Waals surface area contributed by atoms with Gasteiger partial charge in [0.25, 0.3) is 0 Å². The second-order valence-corrected chi connectivity index (χ2v) is 5.51. The van der Waals surface area contributed by atoms with Gasteiger partial charge in [0.05, 0.1) is 20.3 Å². The second kappa shape index (κ2) is 5.93. The average Bonchev–Trinajstić information content (AvgIpc) is 3.20. The third kappa shape index (κ3) is 2.98. The van der Waals surface area contributed by atoms with Crippen molar-refractivity contribution in [1.29, 1.82) is 0 Å². The van der Waals surface area contributed by atoms with Crippen LogP contribution in [0.3, 0.4) is 0 Å². The lowest BCUT2D eigenvalue weighted by Gasteiger charge is -2.15. The van der Waals surface area contributed by atoms with E-state index < -0.39 is 0 Å². The summed E-state index contributed by atoms with van der Waals surface area (Å²) in [5.41, 5.74) is 1.10. The van der Waals surface area contributed by atoms with Crippen molar-refractivity contribution in [1.82, 2.24) is 0 Å². The first-order chi connectivity index (χ1) is 8.67. The number of hydrogen-bond acceptors (Lipinski definition) is 3. The van der Waals surface area contributed by atoms with E-state index in [0.717, 1.165) is 34.4 Å². The van der Waals surface area contributed by atoms with E-state index in [9.17, 15) is 5.11 Å². The minimum absolute atomic E-state index is 0.171. The smallest absolute Gasteiger partial charge is 0.139 e. The Bertz CT molecular complexity index is 416. The van der Waals surface area contributed by atoms with E-state index in [0.29, 0.717) is 5.92 Å². The Hall–Kier alpha value is -0.740. The molecule has 1 N–H and O–H groups in total. The van der Waals surface area contributed by atoms with Crippen molar-refractivity contribution in [3.05, 3.63) is 22.2 Å². The third-order valence-electron chi connectivity index (χ3n) is 3.44. The highest BCUT2D eigenvalue weighted by Gasteiger charge is 2.29. The molecule has 1 aliphatic rings. The monoisotopic (exact) mass is 314 g/mol. The Morgan fingerprint density at radius 3 is 2.61 bits per heavy atom. The quantitative estimate of drug-likeness (QED) is 0.876. The molecule has 0 spiro atoms. The van der Waals surface area contributed by atoms with Gasteiger partial charge < -0.3 is 14.6 Å². The maximum Gasteiger partial charge on any atom is 0.139 e. The Kier molecular flexibility index (Phi) is 4.51. The van der Waals surface area contributed by atoms with Crippen LogP contribution in [0.5, 0.6) is 11.5 Å². The molecule has 2 rings (SSSR count). The lowest BCUT2D eigenvalue weighted by Crippen LogP contribution is -2.10. The standard InChI is InChI=1S/C14H19BrO3/c1-17-12-8-6-10(14(18-2)13(12)15)5-7-11(16)9-3-4-9/h6,8-9,11,16H,3-5,7H2,1-2H3. The number of ether oxygens (including phenoxy) is 2. The van der Waals surface area contributed by atoms with Crippen molar-refractivity contribution < 1.29 is 14.6 Å².